The lowest BCUT2D eigenvalue weighted by Crippen LogP contribution is -2.05. The maximum absolute atomic E-state index is 13.1. The van der Waals surface area contributed by atoms with Crippen LogP contribution in [0.3, 0.4) is 0 Å². The molecule has 0 aliphatic rings. The fourth-order valence-corrected chi connectivity index (χ4v) is 3.03. The van der Waals surface area contributed by atoms with E-state index in [4.69, 9.17) is 9.47 Å². The van der Waals surface area contributed by atoms with Crippen LogP contribution in [0.25, 0.3) is 16.8 Å². The van der Waals surface area contributed by atoms with Gasteiger partial charge in [-0.2, -0.15) is 9.61 Å². The van der Waals surface area contributed by atoms with Gasteiger partial charge in [-0.15, -0.1) is 0 Å². The monoisotopic (exact) mass is 378 g/mol. The molecule has 0 fully saturated rings. The van der Waals surface area contributed by atoms with E-state index in [9.17, 15) is 4.39 Å². The molecule has 2 aromatic heterocycles. The molecule has 0 bridgehead atoms. The molecule has 0 unspecified atom stereocenters. The first-order chi connectivity index (χ1) is 13.7. The van der Waals surface area contributed by atoms with Crippen molar-refractivity contribution in [3.05, 3.63) is 72.3 Å². The van der Waals surface area contributed by atoms with Crippen LogP contribution in [0.2, 0.25) is 0 Å². The Hall–Kier alpha value is -3.61. The quantitative estimate of drug-likeness (QED) is 0.546. The molecular weight excluding hydrogens is 359 g/mol. The van der Waals surface area contributed by atoms with Crippen molar-refractivity contribution in [2.45, 2.75) is 6.54 Å². The zero-order valence-electron chi connectivity index (χ0n) is 15.5. The van der Waals surface area contributed by atoms with Crippen LogP contribution >= 0.6 is 0 Å². The van der Waals surface area contributed by atoms with Crippen molar-refractivity contribution in [1.29, 1.82) is 0 Å². The Labute approximate surface area is 161 Å². The molecule has 0 amide bonds. The van der Waals surface area contributed by atoms with Crippen molar-refractivity contribution in [1.82, 2.24) is 14.6 Å². The van der Waals surface area contributed by atoms with E-state index >= 15 is 0 Å². The van der Waals surface area contributed by atoms with Crippen molar-refractivity contribution in [2.24, 2.45) is 0 Å². The summed E-state index contributed by atoms with van der Waals surface area (Å²) in [6, 6.07) is 13.9. The molecule has 28 heavy (non-hydrogen) atoms. The van der Waals surface area contributed by atoms with E-state index in [1.54, 1.807) is 43.3 Å². The maximum Gasteiger partial charge on any atom is 0.165 e. The highest BCUT2D eigenvalue weighted by Gasteiger charge is 2.13. The largest absolute Gasteiger partial charge is 0.493 e. The summed E-state index contributed by atoms with van der Waals surface area (Å²) in [5.41, 5.74) is 3.50. The Balaban J connectivity index is 1.66. The standard InChI is InChI=1S/C21H19FN4O2/c1-27-18-8-5-15(11-19(18)28-2)17-13-25-26-20(9-10-23-21(17)26)24-12-14-3-6-16(22)7-4-14/h3-11,13,24H,12H2,1-2H3. The second-order valence-electron chi connectivity index (χ2n) is 6.17. The van der Waals surface area contributed by atoms with Gasteiger partial charge in [-0.25, -0.2) is 9.37 Å². The topological polar surface area (TPSA) is 60.7 Å². The summed E-state index contributed by atoms with van der Waals surface area (Å²) in [7, 11) is 3.21. The van der Waals surface area contributed by atoms with Crippen molar-refractivity contribution in [3.8, 4) is 22.6 Å². The third-order valence-electron chi connectivity index (χ3n) is 4.48. The normalized spacial score (nSPS) is 10.8. The van der Waals surface area contributed by atoms with Gasteiger partial charge < -0.3 is 14.8 Å². The van der Waals surface area contributed by atoms with E-state index in [2.05, 4.69) is 15.4 Å². The lowest BCUT2D eigenvalue weighted by molar-refractivity contribution is 0.355. The lowest BCUT2D eigenvalue weighted by atomic mass is 10.1. The molecule has 0 spiro atoms. The SMILES string of the molecule is COc1ccc(-c2cnn3c(NCc4ccc(F)cc4)ccnc23)cc1OC. The van der Waals surface area contributed by atoms with E-state index in [0.29, 0.717) is 18.0 Å². The number of fused-ring (bicyclic) bond motifs is 1. The molecule has 142 valence electrons. The Bertz CT molecular complexity index is 1110. The molecule has 0 aliphatic carbocycles. The number of benzene rings is 2. The summed E-state index contributed by atoms with van der Waals surface area (Å²) in [5, 5.41) is 7.80. The Morgan fingerprint density at radius 2 is 1.79 bits per heavy atom. The number of nitrogens with one attached hydrogen (secondary N) is 1. The predicted octanol–water partition coefficient (Wildman–Crippen LogP) is 4.16. The van der Waals surface area contributed by atoms with Crippen molar-refractivity contribution in [3.63, 3.8) is 0 Å². The minimum absolute atomic E-state index is 0.248. The number of ether oxygens (including phenoxy) is 2. The molecule has 0 saturated heterocycles. The third-order valence-corrected chi connectivity index (χ3v) is 4.48. The van der Waals surface area contributed by atoms with Gasteiger partial charge in [0.1, 0.15) is 11.6 Å². The number of aromatic nitrogens is 3. The Morgan fingerprint density at radius 3 is 2.54 bits per heavy atom. The van der Waals surface area contributed by atoms with E-state index in [-0.39, 0.29) is 5.82 Å². The lowest BCUT2D eigenvalue weighted by Gasteiger charge is -2.10. The second kappa shape index (κ2) is 7.56. The molecule has 6 nitrogen and oxygen atoms in total. The summed E-state index contributed by atoms with van der Waals surface area (Å²) in [6.45, 7) is 0.547. The van der Waals surface area contributed by atoms with Gasteiger partial charge in [-0.1, -0.05) is 18.2 Å². The molecule has 4 aromatic rings. The highest BCUT2D eigenvalue weighted by Crippen LogP contribution is 2.33. The van der Waals surface area contributed by atoms with Crippen LogP contribution in [0, 0.1) is 5.82 Å². The zero-order chi connectivity index (χ0) is 19.5. The number of hydrogen-bond donors (Lipinski definition) is 1. The molecule has 0 saturated carbocycles. The molecule has 7 heteroatoms. The predicted molar refractivity (Wildman–Crippen MR) is 105 cm³/mol. The number of nitrogens with zero attached hydrogens (tertiary/aromatic N) is 3. The zero-order valence-corrected chi connectivity index (χ0v) is 15.5. The fraction of sp³-hybridized carbons (Fsp3) is 0.143. The molecule has 2 aromatic carbocycles. The first-order valence-corrected chi connectivity index (χ1v) is 8.73. The Morgan fingerprint density at radius 1 is 1.00 bits per heavy atom. The minimum atomic E-state index is -0.248. The summed E-state index contributed by atoms with van der Waals surface area (Å²) in [4.78, 5) is 4.48. The van der Waals surface area contributed by atoms with Gasteiger partial charge in [0.25, 0.3) is 0 Å². The smallest absolute Gasteiger partial charge is 0.165 e. The number of methoxy groups -OCH3 is 2. The second-order valence-corrected chi connectivity index (χ2v) is 6.17. The molecular formula is C21H19FN4O2. The van der Waals surface area contributed by atoms with Crippen LogP contribution in [0.1, 0.15) is 5.56 Å². The van der Waals surface area contributed by atoms with E-state index in [1.807, 2.05) is 24.3 Å². The Kier molecular flexibility index (Phi) is 4.80. The molecule has 0 radical (unpaired) electrons. The summed E-state index contributed by atoms with van der Waals surface area (Å²) in [6.07, 6.45) is 3.50. The van der Waals surface area contributed by atoms with Crippen LogP contribution in [0.15, 0.2) is 60.9 Å². The van der Waals surface area contributed by atoms with Gasteiger partial charge in [0.2, 0.25) is 0 Å². The van der Waals surface area contributed by atoms with Gasteiger partial charge in [0.15, 0.2) is 17.1 Å². The third kappa shape index (κ3) is 3.34. The summed E-state index contributed by atoms with van der Waals surface area (Å²) >= 11 is 0. The summed E-state index contributed by atoms with van der Waals surface area (Å²) in [5.74, 6) is 1.85. The minimum Gasteiger partial charge on any atom is -0.493 e. The van der Waals surface area contributed by atoms with Crippen molar-refractivity contribution < 1.29 is 13.9 Å². The highest BCUT2D eigenvalue weighted by molar-refractivity contribution is 5.79. The van der Waals surface area contributed by atoms with Crippen LogP contribution in [0.4, 0.5) is 10.2 Å². The van der Waals surface area contributed by atoms with Gasteiger partial charge in [0, 0.05) is 18.3 Å². The van der Waals surface area contributed by atoms with Gasteiger partial charge in [-0.3, -0.25) is 0 Å². The average molecular weight is 378 g/mol. The number of anilines is 1. The molecule has 2 heterocycles. The van der Waals surface area contributed by atoms with Gasteiger partial charge in [-0.05, 0) is 41.5 Å². The highest BCUT2D eigenvalue weighted by atomic mass is 19.1. The molecule has 4 rings (SSSR count). The van der Waals surface area contributed by atoms with Crippen LogP contribution in [0.5, 0.6) is 11.5 Å². The van der Waals surface area contributed by atoms with Crippen LogP contribution in [-0.4, -0.2) is 28.8 Å². The van der Waals surface area contributed by atoms with Gasteiger partial charge >= 0.3 is 0 Å². The van der Waals surface area contributed by atoms with E-state index < -0.39 is 0 Å². The first-order valence-electron chi connectivity index (χ1n) is 8.73. The number of halogens is 1. The fourth-order valence-electron chi connectivity index (χ4n) is 3.03. The van der Waals surface area contributed by atoms with E-state index in [0.717, 1.165) is 28.2 Å². The molecule has 0 atom stereocenters. The van der Waals surface area contributed by atoms with Crippen molar-refractivity contribution in [2.75, 3.05) is 19.5 Å². The number of hydrogen-bond acceptors (Lipinski definition) is 5. The van der Waals surface area contributed by atoms with E-state index in [1.165, 1.54) is 12.1 Å². The first kappa shape index (κ1) is 17.8. The molecule has 0 aliphatic heterocycles. The van der Waals surface area contributed by atoms with Crippen LogP contribution in [-0.2, 0) is 6.54 Å². The van der Waals surface area contributed by atoms with Crippen LogP contribution < -0.4 is 14.8 Å². The average Bonchev–Trinajstić information content (AvgIpc) is 3.17. The number of rotatable bonds is 6. The summed E-state index contributed by atoms with van der Waals surface area (Å²) < 4.78 is 25.5. The van der Waals surface area contributed by atoms with Gasteiger partial charge in [0.05, 0.1) is 20.4 Å². The maximum atomic E-state index is 13.1. The van der Waals surface area contributed by atoms with Crippen molar-refractivity contribution >= 4 is 11.5 Å². The molecule has 1 N–H and O–H groups in total.